The van der Waals surface area contributed by atoms with Gasteiger partial charge in [0.2, 0.25) is 5.91 Å². The van der Waals surface area contributed by atoms with Crippen LogP contribution in [0.5, 0.6) is 0 Å². The first-order valence-corrected chi connectivity index (χ1v) is 8.47. The number of aromatic nitrogens is 1. The van der Waals surface area contributed by atoms with E-state index in [4.69, 9.17) is 11.6 Å². The van der Waals surface area contributed by atoms with Gasteiger partial charge in [-0.1, -0.05) is 54.1 Å². The lowest BCUT2D eigenvalue weighted by atomic mass is 10.2. The molecule has 3 rings (SSSR count). The van der Waals surface area contributed by atoms with Crippen LogP contribution in [0.2, 0.25) is 5.02 Å². The molecule has 0 unspecified atom stereocenters. The average molecular weight is 343 g/mol. The number of amides is 1. The van der Waals surface area contributed by atoms with Crippen LogP contribution in [0.3, 0.4) is 0 Å². The van der Waals surface area contributed by atoms with Crippen molar-refractivity contribution in [3.8, 4) is 10.6 Å². The van der Waals surface area contributed by atoms with Gasteiger partial charge in [0.05, 0.1) is 12.1 Å². The van der Waals surface area contributed by atoms with E-state index in [0.717, 1.165) is 21.8 Å². The molecular formula is C18H15ClN2OS. The third kappa shape index (κ3) is 4.41. The topological polar surface area (TPSA) is 42.0 Å². The molecule has 0 spiro atoms. The fourth-order valence-electron chi connectivity index (χ4n) is 2.17. The predicted molar refractivity (Wildman–Crippen MR) is 94.6 cm³/mol. The van der Waals surface area contributed by atoms with E-state index in [1.54, 1.807) is 0 Å². The number of carbonyl (C=O) groups is 1. The number of rotatable bonds is 5. The summed E-state index contributed by atoms with van der Waals surface area (Å²) in [5.74, 6) is -0.0307. The second kappa shape index (κ2) is 7.40. The molecule has 1 aromatic heterocycles. The van der Waals surface area contributed by atoms with Crippen molar-refractivity contribution in [1.82, 2.24) is 10.3 Å². The normalized spacial score (nSPS) is 10.5. The molecule has 0 fully saturated rings. The standard InChI is InChI=1S/C18H15ClN2OS/c19-15-8-4-7-14(9-15)18-21-16(12-23-18)10-17(22)20-11-13-5-2-1-3-6-13/h1-9,12H,10-11H2,(H,20,22). The monoisotopic (exact) mass is 342 g/mol. The lowest BCUT2D eigenvalue weighted by molar-refractivity contribution is -0.120. The Morgan fingerprint density at radius 2 is 1.96 bits per heavy atom. The third-order valence-electron chi connectivity index (χ3n) is 3.30. The fourth-order valence-corrected chi connectivity index (χ4v) is 3.17. The molecule has 0 aliphatic rings. The van der Waals surface area contributed by atoms with Crippen molar-refractivity contribution < 1.29 is 4.79 Å². The minimum atomic E-state index is -0.0307. The first-order chi connectivity index (χ1) is 11.2. The Bertz CT molecular complexity index is 802. The molecule has 0 saturated carbocycles. The van der Waals surface area contributed by atoms with Crippen LogP contribution in [-0.4, -0.2) is 10.9 Å². The molecule has 1 amide bonds. The van der Waals surface area contributed by atoms with Crippen LogP contribution in [0.1, 0.15) is 11.3 Å². The average Bonchev–Trinajstić information content (AvgIpc) is 3.02. The molecule has 23 heavy (non-hydrogen) atoms. The fraction of sp³-hybridized carbons (Fsp3) is 0.111. The lowest BCUT2D eigenvalue weighted by Crippen LogP contribution is -2.24. The van der Waals surface area contributed by atoms with Gasteiger partial charge < -0.3 is 5.32 Å². The minimum Gasteiger partial charge on any atom is -0.352 e. The van der Waals surface area contributed by atoms with E-state index < -0.39 is 0 Å². The summed E-state index contributed by atoms with van der Waals surface area (Å²) in [6.07, 6.45) is 0.282. The quantitative estimate of drug-likeness (QED) is 0.750. The molecule has 5 heteroatoms. The van der Waals surface area contributed by atoms with Gasteiger partial charge >= 0.3 is 0 Å². The number of nitrogens with one attached hydrogen (secondary N) is 1. The van der Waals surface area contributed by atoms with Crippen LogP contribution in [0.4, 0.5) is 0 Å². The number of halogens is 1. The van der Waals surface area contributed by atoms with Gasteiger partial charge in [0.1, 0.15) is 5.01 Å². The summed E-state index contributed by atoms with van der Waals surface area (Å²) in [7, 11) is 0. The summed E-state index contributed by atoms with van der Waals surface area (Å²) in [6.45, 7) is 0.533. The molecule has 3 aromatic rings. The highest BCUT2D eigenvalue weighted by Crippen LogP contribution is 2.26. The van der Waals surface area contributed by atoms with Crippen LogP contribution in [0.15, 0.2) is 60.0 Å². The molecule has 0 saturated heterocycles. The number of carbonyl (C=O) groups excluding carboxylic acids is 1. The Labute approximate surface area is 144 Å². The highest BCUT2D eigenvalue weighted by molar-refractivity contribution is 7.13. The molecule has 0 radical (unpaired) electrons. The molecule has 2 aromatic carbocycles. The molecule has 0 aliphatic carbocycles. The lowest BCUT2D eigenvalue weighted by Gasteiger charge is -2.03. The van der Waals surface area contributed by atoms with Gasteiger partial charge in [-0.2, -0.15) is 0 Å². The van der Waals surface area contributed by atoms with E-state index in [2.05, 4.69) is 10.3 Å². The van der Waals surface area contributed by atoms with E-state index in [-0.39, 0.29) is 12.3 Å². The van der Waals surface area contributed by atoms with Gasteiger partial charge in [0, 0.05) is 22.5 Å². The molecule has 1 heterocycles. The van der Waals surface area contributed by atoms with Crippen LogP contribution in [0, 0.1) is 0 Å². The van der Waals surface area contributed by atoms with Gasteiger partial charge in [-0.25, -0.2) is 4.98 Å². The summed E-state index contributed by atoms with van der Waals surface area (Å²) in [5.41, 5.74) is 2.83. The van der Waals surface area contributed by atoms with Crippen molar-refractivity contribution in [2.24, 2.45) is 0 Å². The number of hydrogen-bond donors (Lipinski definition) is 1. The van der Waals surface area contributed by atoms with Crippen LogP contribution >= 0.6 is 22.9 Å². The maximum atomic E-state index is 12.0. The number of thiazole rings is 1. The van der Waals surface area contributed by atoms with Crippen LogP contribution < -0.4 is 5.32 Å². The minimum absolute atomic E-state index is 0.0307. The highest BCUT2D eigenvalue weighted by Gasteiger charge is 2.09. The SMILES string of the molecule is O=C(Cc1csc(-c2cccc(Cl)c2)n1)NCc1ccccc1. The summed E-state index contributed by atoms with van der Waals surface area (Å²) >= 11 is 7.52. The van der Waals surface area contributed by atoms with Crippen LogP contribution in [0.25, 0.3) is 10.6 Å². The van der Waals surface area contributed by atoms with Gasteiger partial charge in [-0.3, -0.25) is 4.79 Å². The van der Waals surface area contributed by atoms with Crippen molar-refractivity contribution in [1.29, 1.82) is 0 Å². The van der Waals surface area contributed by atoms with E-state index in [9.17, 15) is 4.79 Å². The van der Waals surface area contributed by atoms with Crippen molar-refractivity contribution in [3.63, 3.8) is 0 Å². The van der Waals surface area contributed by atoms with E-state index in [1.807, 2.05) is 60.0 Å². The smallest absolute Gasteiger partial charge is 0.226 e. The second-order valence-electron chi connectivity index (χ2n) is 5.09. The zero-order chi connectivity index (χ0) is 16.1. The maximum absolute atomic E-state index is 12.0. The molecule has 0 aliphatic heterocycles. The van der Waals surface area contributed by atoms with Crippen molar-refractivity contribution >= 4 is 28.8 Å². The summed E-state index contributed by atoms with van der Waals surface area (Å²) in [5, 5.41) is 6.38. The third-order valence-corrected chi connectivity index (χ3v) is 4.47. The Hall–Kier alpha value is -2.17. The van der Waals surface area contributed by atoms with Gasteiger partial charge in [0.15, 0.2) is 0 Å². The van der Waals surface area contributed by atoms with Crippen molar-refractivity contribution in [2.75, 3.05) is 0 Å². The van der Waals surface area contributed by atoms with Gasteiger partial charge in [0.25, 0.3) is 0 Å². The first kappa shape index (κ1) is 15.7. The summed E-state index contributed by atoms with van der Waals surface area (Å²) in [4.78, 5) is 16.5. The molecule has 0 bridgehead atoms. The number of benzene rings is 2. The Kier molecular flexibility index (Phi) is 5.05. The second-order valence-corrected chi connectivity index (χ2v) is 6.39. The maximum Gasteiger partial charge on any atom is 0.226 e. The van der Waals surface area contributed by atoms with Crippen molar-refractivity contribution in [3.05, 3.63) is 76.3 Å². The van der Waals surface area contributed by atoms with E-state index in [0.29, 0.717) is 11.6 Å². The van der Waals surface area contributed by atoms with Gasteiger partial charge in [-0.05, 0) is 17.7 Å². The summed E-state index contributed by atoms with van der Waals surface area (Å²) < 4.78 is 0. The Balaban J connectivity index is 1.59. The van der Waals surface area contributed by atoms with E-state index in [1.165, 1.54) is 11.3 Å². The zero-order valence-electron chi connectivity index (χ0n) is 12.3. The zero-order valence-corrected chi connectivity index (χ0v) is 13.9. The molecule has 1 N–H and O–H groups in total. The highest BCUT2D eigenvalue weighted by atomic mass is 35.5. The number of hydrogen-bond acceptors (Lipinski definition) is 3. The predicted octanol–water partition coefficient (Wildman–Crippen LogP) is 4.32. The van der Waals surface area contributed by atoms with E-state index >= 15 is 0 Å². The molecular weight excluding hydrogens is 328 g/mol. The largest absolute Gasteiger partial charge is 0.352 e. The number of nitrogens with zero attached hydrogens (tertiary/aromatic N) is 1. The Morgan fingerprint density at radius 1 is 1.13 bits per heavy atom. The van der Waals surface area contributed by atoms with Crippen LogP contribution in [-0.2, 0) is 17.8 Å². The first-order valence-electron chi connectivity index (χ1n) is 7.22. The molecule has 116 valence electrons. The van der Waals surface area contributed by atoms with Gasteiger partial charge in [-0.15, -0.1) is 11.3 Å². The van der Waals surface area contributed by atoms with Crippen molar-refractivity contribution in [2.45, 2.75) is 13.0 Å². The Morgan fingerprint density at radius 3 is 2.74 bits per heavy atom. The summed E-state index contributed by atoms with van der Waals surface area (Å²) in [6, 6.07) is 17.4. The molecule has 0 atom stereocenters. The molecule has 3 nitrogen and oxygen atoms in total.